The zero-order valence-electron chi connectivity index (χ0n) is 9.82. The molecule has 17 heavy (non-hydrogen) atoms. The minimum Gasteiger partial charge on any atom is -0.393 e. The molecule has 0 spiro atoms. The predicted octanol–water partition coefficient (Wildman–Crippen LogP) is 0.746. The average Bonchev–Trinajstić information content (AvgIpc) is 2.73. The number of benzene rings is 1. The van der Waals surface area contributed by atoms with E-state index in [0.717, 1.165) is 6.42 Å². The minimum absolute atomic E-state index is 0.417. The average molecular weight is 232 g/mol. The van der Waals surface area contributed by atoms with Crippen LogP contribution in [-0.2, 0) is 19.9 Å². The Morgan fingerprint density at radius 1 is 1.29 bits per heavy atom. The largest absolute Gasteiger partial charge is 0.393 e. The Kier molecular flexibility index (Phi) is 3.82. The molecule has 5 nitrogen and oxygen atoms in total. The molecule has 1 aromatic heterocycles. The summed E-state index contributed by atoms with van der Waals surface area (Å²) in [4.78, 5) is 1.40. The SMILES string of the molecule is Cn1nnc(CC(O)CCc2ccccc2)n1. The van der Waals surface area contributed by atoms with Crippen molar-refractivity contribution in [2.75, 3.05) is 0 Å². The van der Waals surface area contributed by atoms with E-state index >= 15 is 0 Å². The van der Waals surface area contributed by atoms with Crippen molar-refractivity contribution in [3.05, 3.63) is 41.7 Å². The van der Waals surface area contributed by atoms with E-state index in [4.69, 9.17) is 0 Å². The van der Waals surface area contributed by atoms with Gasteiger partial charge in [-0.05, 0) is 23.6 Å². The van der Waals surface area contributed by atoms with E-state index in [-0.39, 0.29) is 0 Å². The summed E-state index contributed by atoms with van der Waals surface area (Å²) >= 11 is 0. The Balaban J connectivity index is 1.80. The van der Waals surface area contributed by atoms with Crippen molar-refractivity contribution in [1.82, 2.24) is 20.2 Å². The maximum Gasteiger partial charge on any atom is 0.177 e. The van der Waals surface area contributed by atoms with Crippen LogP contribution in [0.4, 0.5) is 0 Å². The van der Waals surface area contributed by atoms with Crippen molar-refractivity contribution in [2.45, 2.75) is 25.4 Å². The van der Waals surface area contributed by atoms with Crippen LogP contribution >= 0.6 is 0 Å². The summed E-state index contributed by atoms with van der Waals surface area (Å²) in [6.45, 7) is 0. The van der Waals surface area contributed by atoms with Crippen LogP contribution in [0.15, 0.2) is 30.3 Å². The molecule has 1 aromatic carbocycles. The third-order valence-corrected chi connectivity index (χ3v) is 2.58. The molecule has 1 heterocycles. The lowest BCUT2D eigenvalue weighted by molar-refractivity contribution is 0.162. The van der Waals surface area contributed by atoms with Crippen molar-refractivity contribution >= 4 is 0 Å². The van der Waals surface area contributed by atoms with Gasteiger partial charge in [-0.3, -0.25) is 0 Å². The Labute approximate surface area is 100 Å². The normalized spacial score (nSPS) is 12.6. The molecule has 0 bridgehead atoms. The van der Waals surface area contributed by atoms with E-state index < -0.39 is 6.10 Å². The van der Waals surface area contributed by atoms with Crippen LogP contribution in [0.25, 0.3) is 0 Å². The molecule has 1 atom stereocenters. The first kappa shape index (κ1) is 11.7. The summed E-state index contributed by atoms with van der Waals surface area (Å²) in [5, 5.41) is 21.5. The summed E-state index contributed by atoms with van der Waals surface area (Å²) in [7, 11) is 1.72. The molecule has 2 aromatic rings. The topological polar surface area (TPSA) is 63.8 Å². The van der Waals surface area contributed by atoms with Gasteiger partial charge in [-0.2, -0.15) is 4.80 Å². The third-order valence-electron chi connectivity index (χ3n) is 2.58. The Hall–Kier alpha value is -1.75. The standard InChI is InChI=1S/C12H16N4O/c1-16-14-12(13-15-16)9-11(17)8-7-10-5-3-2-4-6-10/h2-6,11,17H,7-9H2,1H3. The lowest BCUT2D eigenvalue weighted by atomic mass is 10.1. The van der Waals surface area contributed by atoms with Gasteiger partial charge < -0.3 is 5.11 Å². The highest BCUT2D eigenvalue weighted by atomic mass is 16.3. The number of aryl methyl sites for hydroxylation is 2. The van der Waals surface area contributed by atoms with Crippen molar-refractivity contribution in [2.24, 2.45) is 7.05 Å². The fourth-order valence-corrected chi connectivity index (χ4v) is 1.70. The number of nitrogens with zero attached hydrogens (tertiary/aromatic N) is 4. The second-order valence-electron chi connectivity index (χ2n) is 4.08. The third kappa shape index (κ3) is 3.64. The molecule has 0 saturated heterocycles. The molecule has 1 N–H and O–H groups in total. The maximum absolute atomic E-state index is 9.86. The second kappa shape index (κ2) is 5.54. The Morgan fingerprint density at radius 3 is 2.71 bits per heavy atom. The summed E-state index contributed by atoms with van der Waals surface area (Å²) in [5.74, 6) is 0.591. The van der Waals surface area contributed by atoms with Gasteiger partial charge in [0.25, 0.3) is 0 Å². The van der Waals surface area contributed by atoms with Gasteiger partial charge in [-0.15, -0.1) is 10.2 Å². The summed E-state index contributed by atoms with van der Waals surface area (Å²) in [6.07, 6.45) is 1.62. The van der Waals surface area contributed by atoms with Crippen LogP contribution < -0.4 is 0 Å². The summed E-state index contributed by atoms with van der Waals surface area (Å²) in [5.41, 5.74) is 1.23. The highest BCUT2D eigenvalue weighted by molar-refractivity contribution is 5.14. The molecule has 0 fully saturated rings. The molecule has 0 aliphatic heterocycles. The first-order valence-electron chi connectivity index (χ1n) is 5.69. The molecule has 0 aliphatic rings. The molecule has 0 saturated carbocycles. The molecule has 5 heteroatoms. The van der Waals surface area contributed by atoms with Crippen LogP contribution in [0.1, 0.15) is 17.8 Å². The van der Waals surface area contributed by atoms with Gasteiger partial charge in [-0.1, -0.05) is 30.3 Å². The van der Waals surface area contributed by atoms with Gasteiger partial charge in [0.15, 0.2) is 5.82 Å². The van der Waals surface area contributed by atoms with E-state index in [0.29, 0.717) is 18.7 Å². The van der Waals surface area contributed by atoms with Gasteiger partial charge in [0.2, 0.25) is 0 Å². The Bertz CT molecular complexity index is 455. The highest BCUT2D eigenvalue weighted by Crippen LogP contribution is 2.07. The monoisotopic (exact) mass is 232 g/mol. The molecule has 0 amide bonds. The molecular weight excluding hydrogens is 216 g/mol. The van der Waals surface area contributed by atoms with Crippen molar-refractivity contribution in [1.29, 1.82) is 0 Å². The van der Waals surface area contributed by atoms with Crippen LogP contribution in [0, 0.1) is 0 Å². The van der Waals surface area contributed by atoms with Gasteiger partial charge in [-0.25, -0.2) is 0 Å². The van der Waals surface area contributed by atoms with E-state index in [1.807, 2.05) is 18.2 Å². The minimum atomic E-state index is -0.417. The fourth-order valence-electron chi connectivity index (χ4n) is 1.70. The number of aliphatic hydroxyl groups excluding tert-OH is 1. The lowest BCUT2D eigenvalue weighted by Gasteiger charge is -2.07. The van der Waals surface area contributed by atoms with Gasteiger partial charge in [0, 0.05) is 6.42 Å². The zero-order valence-corrected chi connectivity index (χ0v) is 9.82. The molecule has 0 aliphatic carbocycles. The van der Waals surface area contributed by atoms with Crippen LogP contribution in [0.3, 0.4) is 0 Å². The maximum atomic E-state index is 9.86. The van der Waals surface area contributed by atoms with Crippen LogP contribution in [-0.4, -0.2) is 31.4 Å². The predicted molar refractivity (Wildman–Crippen MR) is 63.3 cm³/mol. The molecular formula is C12H16N4O. The Morgan fingerprint density at radius 2 is 2.06 bits per heavy atom. The fraction of sp³-hybridized carbons (Fsp3) is 0.417. The number of hydrogen-bond acceptors (Lipinski definition) is 4. The van der Waals surface area contributed by atoms with Gasteiger partial charge >= 0.3 is 0 Å². The van der Waals surface area contributed by atoms with Crippen LogP contribution in [0.2, 0.25) is 0 Å². The zero-order chi connectivity index (χ0) is 12.1. The lowest BCUT2D eigenvalue weighted by Crippen LogP contribution is -2.13. The molecule has 90 valence electrons. The quantitative estimate of drug-likeness (QED) is 0.826. The van der Waals surface area contributed by atoms with Crippen molar-refractivity contribution in [3.8, 4) is 0 Å². The highest BCUT2D eigenvalue weighted by Gasteiger charge is 2.09. The number of aromatic nitrogens is 4. The number of tetrazole rings is 1. The first-order chi connectivity index (χ1) is 8.24. The van der Waals surface area contributed by atoms with E-state index in [9.17, 15) is 5.11 Å². The molecule has 2 rings (SSSR count). The second-order valence-corrected chi connectivity index (χ2v) is 4.08. The summed E-state index contributed by atoms with van der Waals surface area (Å²) in [6, 6.07) is 10.1. The number of hydrogen-bond donors (Lipinski definition) is 1. The smallest absolute Gasteiger partial charge is 0.177 e. The first-order valence-corrected chi connectivity index (χ1v) is 5.69. The van der Waals surface area contributed by atoms with Gasteiger partial charge in [0.05, 0.1) is 13.2 Å². The van der Waals surface area contributed by atoms with Gasteiger partial charge in [0.1, 0.15) is 0 Å². The molecule has 0 radical (unpaired) electrons. The van der Waals surface area contributed by atoms with Crippen LogP contribution in [0.5, 0.6) is 0 Å². The van der Waals surface area contributed by atoms with E-state index in [1.54, 1.807) is 7.05 Å². The van der Waals surface area contributed by atoms with E-state index in [1.165, 1.54) is 10.4 Å². The number of aliphatic hydroxyl groups is 1. The molecule has 1 unspecified atom stereocenters. The van der Waals surface area contributed by atoms with Crippen molar-refractivity contribution in [3.63, 3.8) is 0 Å². The number of rotatable bonds is 5. The summed E-state index contributed by atoms with van der Waals surface area (Å²) < 4.78 is 0. The van der Waals surface area contributed by atoms with Crippen molar-refractivity contribution < 1.29 is 5.11 Å². The van der Waals surface area contributed by atoms with E-state index in [2.05, 4.69) is 27.5 Å².